The van der Waals surface area contributed by atoms with Crippen molar-refractivity contribution in [2.75, 3.05) is 13.6 Å². The summed E-state index contributed by atoms with van der Waals surface area (Å²) in [5, 5.41) is 9.18. The van der Waals surface area contributed by atoms with E-state index in [9.17, 15) is 8.42 Å². The zero-order valence-electron chi connectivity index (χ0n) is 9.85. The largest absolute Gasteiger partial charge is 0.392 e. The summed E-state index contributed by atoms with van der Waals surface area (Å²) in [6, 6.07) is 4.49. The number of benzene rings is 1. The first-order valence-corrected chi connectivity index (χ1v) is 7.11. The highest BCUT2D eigenvalue weighted by atomic mass is 35.5. The quantitative estimate of drug-likeness (QED) is 0.894. The van der Waals surface area contributed by atoms with E-state index in [1.165, 1.54) is 23.5 Å². The van der Waals surface area contributed by atoms with Crippen molar-refractivity contribution in [1.29, 1.82) is 0 Å². The third kappa shape index (κ3) is 3.19. The fraction of sp³-hybridized carbons (Fsp3) is 0.455. The number of aliphatic hydroxyl groups is 1. The van der Waals surface area contributed by atoms with E-state index < -0.39 is 10.0 Å². The molecule has 1 rings (SSSR count). The number of hydrogen-bond acceptors (Lipinski definition) is 3. The standard InChI is InChI=1S/C11H16ClNO3S/c1-3-6-13(2)17(15,16)11-7-9(8-14)4-5-10(11)12/h4-5,7,14H,3,6,8H2,1-2H3. The predicted molar refractivity (Wildman–Crippen MR) is 67.5 cm³/mol. The minimum Gasteiger partial charge on any atom is -0.392 e. The maximum absolute atomic E-state index is 12.2. The highest BCUT2D eigenvalue weighted by Crippen LogP contribution is 2.25. The van der Waals surface area contributed by atoms with Crippen molar-refractivity contribution < 1.29 is 13.5 Å². The van der Waals surface area contributed by atoms with E-state index in [1.54, 1.807) is 6.07 Å². The molecule has 0 amide bonds. The molecule has 4 nitrogen and oxygen atoms in total. The molecule has 1 aromatic carbocycles. The van der Waals surface area contributed by atoms with Gasteiger partial charge in [0.25, 0.3) is 0 Å². The van der Waals surface area contributed by atoms with E-state index in [-0.39, 0.29) is 16.5 Å². The normalized spacial score (nSPS) is 12.1. The van der Waals surface area contributed by atoms with Gasteiger partial charge in [-0.2, -0.15) is 0 Å². The van der Waals surface area contributed by atoms with Crippen molar-refractivity contribution in [3.63, 3.8) is 0 Å². The van der Waals surface area contributed by atoms with Crippen molar-refractivity contribution in [1.82, 2.24) is 4.31 Å². The number of halogens is 1. The predicted octanol–water partition coefficient (Wildman–Crippen LogP) is 1.86. The van der Waals surface area contributed by atoms with E-state index in [1.807, 2.05) is 6.92 Å². The van der Waals surface area contributed by atoms with Crippen LogP contribution in [-0.2, 0) is 16.6 Å². The molecule has 0 aliphatic rings. The summed E-state index contributed by atoms with van der Waals surface area (Å²) >= 11 is 5.89. The number of rotatable bonds is 5. The van der Waals surface area contributed by atoms with Gasteiger partial charge in [0.2, 0.25) is 10.0 Å². The van der Waals surface area contributed by atoms with E-state index in [2.05, 4.69) is 0 Å². The van der Waals surface area contributed by atoms with Crippen LogP contribution >= 0.6 is 11.6 Å². The molecule has 0 aliphatic heterocycles. The van der Waals surface area contributed by atoms with Crippen LogP contribution < -0.4 is 0 Å². The highest BCUT2D eigenvalue weighted by Gasteiger charge is 2.23. The van der Waals surface area contributed by atoms with Gasteiger partial charge in [0.1, 0.15) is 4.90 Å². The van der Waals surface area contributed by atoms with E-state index in [4.69, 9.17) is 16.7 Å². The molecule has 0 unspecified atom stereocenters. The van der Waals surface area contributed by atoms with Crippen molar-refractivity contribution in [2.45, 2.75) is 24.8 Å². The monoisotopic (exact) mass is 277 g/mol. The lowest BCUT2D eigenvalue weighted by atomic mass is 10.2. The van der Waals surface area contributed by atoms with Gasteiger partial charge in [-0.3, -0.25) is 0 Å². The molecule has 0 saturated carbocycles. The maximum atomic E-state index is 12.2. The zero-order chi connectivity index (χ0) is 13.1. The van der Waals surface area contributed by atoms with Crippen LogP contribution in [0.2, 0.25) is 5.02 Å². The summed E-state index contributed by atoms with van der Waals surface area (Å²) in [5.41, 5.74) is 0.526. The van der Waals surface area contributed by atoms with Crippen molar-refractivity contribution >= 4 is 21.6 Å². The molecule has 0 bridgehead atoms. The molecule has 1 aromatic rings. The molecule has 0 aliphatic carbocycles. The molecule has 0 spiro atoms. The van der Waals surface area contributed by atoms with Crippen LogP contribution in [0.1, 0.15) is 18.9 Å². The van der Waals surface area contributed by atoms with Gasteiger partial charge in [-0.15, -0.1) is 0 Å². The Morgan fingerprint density at radius 1 is 1.41 bits per heavy atom. The average Bonchev–Trinajstić information content (AvgIpc) is 2.29. The van der Waals surface area contributed by atoms with Gasteiger partial charge in [0, 0.05) is 13.6 Å². The van der Waals surface area contributed by atoms with Crippen molar-refractivity contribution in [3.8, 4) is 0 Å². The van der Waals surface area contributed by atoms with Gasteiger partial charge in [-0.1, -0.05) is 24.6 Å². The molecule has 0 aromatic heterocycles. The van der Waals surface area contributed by atoms with Crippen molar-refractivity contribution in [2.24, 2.45) is 0 Å². The Kier molecular flexibility index (Phi) is 4.94. The summed E-state index contributed by atoms with van der Waals surface area (Å²) < 4.78 is 25.6. The molecular weight excluding hydrogens is 262 g/mol. The van der Waals surface area contributed by atoms with Gasteiger partial charge in [0.15, 0.2) is 0 Å². The van der Waals surface area contributed by atoms with Gasteiger partial charge >= 0.3 is 0 Å². The number of sulfonamides is 1. The molecule has 0 radical (unpaired) electrons. The topological polar surface area (TPSA) is 57.6 Å². The summed E-state index contributed by atoms with van der Waals surface area (Å²) in [4.78, 5) is 0.0432. The summed E-state index contributed by atoms with van der Waals surface area (Å²) in [6.07, 6.45) is 0.729. The number of hydrogen-bond donors (Lipinski definition) is 1. The molecule has 6 heteroatoms. The van der Waals surface area contributed by atoms with Gasteiger partial charge < -0.3 is 5.11 Å². The molecule has 0 fully saturated rings. The second kappa shape index (κ2) is 5.82. The number of nitrogens with zero attached hydrogens (tertiary/aromatic N) is 1. The first-order valence-electron chi connectivity index (χ1n) is 5.29. The number of aliphatic hydroxyl groups excluding tert-OH is 1. The van der Waals surface area contributed by atoms with E-state index in [0.717, 1.165) is 6.42 Å². The summed E-state index contributed by atoms with van der Waals surface area (Å²) in [6.45, 7) is 2.12. The highest BCUT2D eigenvalue weighted by molar-refractivity contribution is 7.89. The second-order valence-corrected chi connectivity index (χ2v) is 6.17. The Balaban J connectivity index is 3.22. The van der Waals surface area contributed by atoms with Crippen molar-refractivity contribution in [3.05, 3.63) is 28.8 Å². The lowest BCUT2D eigenvalue weighted by Gasteiger charge is -2.17. The van der Waals surface area contributed by atoms with Crippen LogP contribution in [0, 0.1) is 0 Å². The lowest BCUT2D eigenvalue weighted by molar-refractivity contribution is 0.281. The molecule has 1 N–H and O–H groups in total. The first kappa shape index (κ1) is 14.4. The smallest absolute Gasteiger partial charge is 0.244 e. The zero-order valence-corrected chi connectivity index (χ0v) is 11.4. The van der Waals surface area contributed by atoms with Crippen LogP contribution in [0.15, 0.2) is 23.1 Å². The van der Waals surface area contributed by atoms with Crippen LogP contribution in [-0.4, -0.2) is 31.4 Å². The third-order valence-corrected chi connectivity index (χ3v) is 4.74. The Bertz CT molecular complexity index is 487. The molecule has 96 valence electrons. The fourth-order valence-corrected chi connectivity index (χ4v) is 3.23. The van der Waals surface area contributed by atoms with Gasteiger partial charge in [-0.05, 0) is 24.1 Å². The molecule has 0 atom stereocenters. The van der Waals surface area contributed by atoms with E-state index in [0.29, 0.717) is 12.1 Å². The van der Waals surface area contributed by atoms with Crippen LogP contribution in [0.5, 0.6) is 0 Å². The van der Waals surface area contributed by atoms with Crippen LogP contribution in [0.25, 0.3) is 0 Å². The Morgan fingerprint density at radius 2 is 2.06 bits per heavy atom. The lowest BCUT2D eigenvalue weighted by Crippen LogP contribution is -2.28. The molecule has 0 saturated heterocycles. The Hall–Kier alpha value is -0.620. The summed E-state index contributed by atoms with van der Waals surface area (Å²) in [7, 11) is -2.06. The minimum atomic E-state index is -3.57. The van der Waals surface area contributed by atoms with E-state index >= 15 is 0 Å². The fourth-order valence-electron chi connectivity index (χ4n) is 1.45. The van der Waals surface area contributed by atoms with Gasteiger partial charge in [0.05, 0.1) is 11.6 Å². The molecular formula is C11H16ClNO3S. The average molecular weight is 278 g/mol. The van der Waals surface area contributed by atoms with Crippen LogP contribution in [0.4, 0.5) is 0 Å². The molecule has 17 heavy (non-hydrogen) atoms. The Morgan fingerprint density at radius 3 is 2.59 bits per heavy atom. The third-order valence-electron chi connectivity index (χ3n) is 2.40. The second-order valence-electron chi connectivity index (χ2n) is 3.75. The molecule has 0 heterocycles. The maximum Gasteiger partial charge on any atom is 0.244 e. The summed E-state index contributed by atoms with van der Waals surface area (Å²) in [5.74, 6) is 0. The Labute approximate surface area is 107 Å². The SMILES string of the molecule is CCCN(C)S(=O)(=O)c1cc(CO)ccc1Cl. The van der Waals surface area contributed by atoms with Crippen LogP contribution in [0.3, 0.4) is 0 Å². The van der Waals surface area contributed by atoms with Gasteiger partial charge in [-0.25, -0.2) is 12.7 Å². The minimum absolute atomic E-state index is 0.0432. The first-order chi connectivity index (χ1) is 7.93.